The highest BCUT2D eigenvalue weighted by molar-refractivity contribution is 7.47. The zero-order chi connectivity index (χ0) is 16.5. The first kappa shape index (κ1) is 21.9. The molecule has 0 aromatic rings. The van der Waals surface area contributed by atoms with Crippen molar-refractivity contribution in [3.05, 3.63) is 0 Å². The van der Waals surface area contributed by atoms with Crippen LogP contribution in [0.3, 0.4) is 0 Å². The van der Waals surface area contributed by atoms with Crippen molar-refractivity contribution in [2.75, 3.05) is 72.7 Å². The van der Waals surface area contributed by atoms with E-state index in [1.165, 1.54) is 0 Å². The molecule has 22 heavy (non-hydrogen) atoms. The minimum absolute atomic E-state index is 0.00956. The molecule has 0 rings (SSSR count). The summed E-state index contributed by atoms with van der Waals surface area (Å²) in [4.78, 5) is 9.10. The fourth-order valence-corrected chi connectivity index (χ4v) is 1.94. The SMILES string of the molecule is CCOP(=O)(O)OCCOCCOCCOCCOCCO. The Kier molecular flexibility index (Phi) is 15.7. The molecule has 0 aromatic carbocycles. The molecule has 0 saturated heterocycles. The third-order valence-corrected chi connectivity index (χ3v) is 3.22. The van der Waals surface area contributed by atoms with Gasteiger partial charge in [-0.05, 0) is 6.92 Å². The van der Waals surface area contributed by atoms with Crippen LogP contribution in [0.15, 0.2) is 0 Å². The summed E-state index contributed by atoms with van der Waals surface area (Å²) in [6.45, 7) is 4.74. The molecule has 134 valence electrons. The first-order chi connectivity index (χ1) is 10.6. The van der Waals surface area contributed by atoms with Crippen LogP contribution in [0.2, 0.25) is 0 Å². The van der Waals surface area contributed by atoms with Gasteiger partial charge in [-0.15, -0.1) is 0 Å². The lowest BCUT2D eigenvalue weighted by molar-refractivity contribution is -0.00888. The van der Waals surface area contributed by atoms with Gasteiger partial charge in [-0.1, -0.05) is 0 Å². The Labute approximate surface area is 131 Å². The number of hydrogen-bond donors (Lipinski definition) is 2. The average molecular weight is 346 g/mol. The summed E-state index contributed by atoms with van der Waals surface area (Å²) < 4.78 is 40.9. The van der Waals surface area contributed by atoms with Crippen molar-refractivity contribution in [2.24, 2.45) is 0 Å². The monoisotopic (exact) mass is 346 g/mol. The number of aliphatic hydroxyl groups excluding tert-OH is 1. The van der Waals surface area contributed by atoms with Crippen LogP contribution in [0, 0.1) is 0 Å². The molecular formula is C12H27O9P. The molecule has 2 N–H and O–H groups in total. The lowest BCUT2D eigenvalue weighted by Gasteiger charge is -2.11. The summed E-state index contributed by atoms with van der Waals surface area (Å²) in [6, 6.07) is 0. The summed E-state index contributed by atoms with van der Waals surface area (Å²) in [7, 11) is -3.93. The maximum atomic E-state index is 11.1. The van der Waals surface area contributed by atoms with Crippen LogP contribution in [-0.4, -0.2) is 82.7 Å². The van der Waals surface area contributed by atoms with Gasteiger partial charge in [0, 0.05) is 0 Å². The molecule has 0 aliphatic rings. The van der Waals surface area contributed by atoms with E-state index in [0.29, 0.717) is 46.2 Å². The Morgan fingerprint density at radius 1 is 0.727 bits per heavy atom. The molecule has 0 bridgehead atoms. The summed E-state index contributed by atoms with van der Waals surface area (Å²) in [5, 5.41) is 8.47. The first-order valence-corrected chi connectivity index (χ1v) is 8.65. The minimum atomic E-state index is -3.93. The third-order valence-electron chi connectivity index (χ3n) is 2.13. The largest absolute Gasteiger partial charge is 0.472 e. The van der Waals surface area contributed by atoms with E-state index in [0.717, 1.165) is 0 Å². The van der Waals surface area contributed by atoms with Crippen LogP contribution in [0.1, 0.15) is 6.92 Å². The molecule has 1 atom stereocenters. The number of aliphatic hydroxyl groups is 1. The van der Waals surface area contributed by atoms with E-state index in [4.69, 9.17) is 28.9 Å². The summed E-state index contributed by atoms with van der Waals surface area (Å²) in [6.07, 6.45) is 0. The number of hydrogen-bond acceptors (Lipinski definition) is 8. The molecule has 10 heteroatoms. The Balaban J connectivity index is 3.13. The van der Waals surface area contributed by atoms with Gasteiger partial charge in [0.05, 0.1) is 72.7 Å². The fraction of sp³-hybridized carbons (Fsp3) is 1.00. The Morgan fingerprint density at radius 3 is 1.55 bits per heavy atom. The molecule has 0 spiro atoms. The quantitative estimate of drug-likeness (QED) is 0.282. The smallest absolute Gasteiger partial charge is 0.394 e. The van der Waals surface area contributed by atoms with Crippen LogP contribution in [0.5, 0.6) is 0 Å². The first-order valence-electron chi connectivity index (χ1n) is 7.16. The molecule has 9 nitrogen and oxygen atoms in total. The Hall–Kier alpha value is -0.0900. The van der Waals surface area contributed by atoms with Crippen molar-refractivity contribution in [3.63, 3.8) is 0 Å². The lowest BCUT2D eigenvalue weighted by atomic mass is 10.7. The van der Waals surface area contributed by atoms with E-state index in [9.17, 15) is 4.57 Å². The van der Waals surface area contributed by atoms with Crippen molar-refractivity contribution < 1.29 is 42.6 Å². The third kappa shape index (κ3) is 16.3. The van der Waals surface area contributed by atoms with E-state index in [-0.39, 0.29) is 26.4 Å². The van der Waals surface area contributed by atoms with Crippen molar-refractivity contribution in [2.45, 2.75) is 6.92 Å². The second-order valence-corrected chi connectivity index (χ2v) is 5.35. The Bertz CT molecular complexity index is 277. The number of phosphoric acid groups is 1. The highest BCUT2D eigenvalue weighted by atomic mass is 31.2. The highest BCUT2D eigenvalue weighted by Crippen LogP contribution is 2.42. The van der Waals surface area contributed by atoms with Crippen molar-refractivity contribution in [1.29, 1.82) is 0 Å². The van der Waals surface area contributed by atoms with E-state index >= 15 is 0 Å². The van der Waals surface area contributed by atoms with Crippen LogP contribution < -0.4 is 0 Å². The number of rotatable bonds is 17. The molecule has 0 fully saturated rings. The highest BCUT2D eigenvalue weighted by Gasteiger charge is 2.18. The second-order valence-electron chi connectivity index (χ2n) is 3.89. The maximum Gasteiger partial charge on any atom is 0.472 e. The molecule has 0 saturated carbocycles. The van der Waals surface area contributed by atoms with Crippen molar-refractivity contribution in [1.82, 2.24) is 0 Å². The normalized spacial score (nSPS) is 14.1. The number of ether oxygens (including phenoxy) is 4. The van der Waals surface area contributed by atoms with Gasteiger partial charge in [0.25, 0.3) is 0 Å². The van der Waals surface area contributed by atoms with Gasteiger partial charge in [-0.3, -0.25) is 9.05 Å². The van der Waals surface area contributed by atoms with E-state index in [1.54, 1.807) is 6.92 Å². The van der Waals surface area contributed by atoms with Crippen LogP contribution >= 0.6 is 7.82 Å². The fourth-order valence-electron chi connectivity index (χ4n) is 1.24. The molecule has 0 aliphatic heterocycles. The minimum Gasteiger partial charge on any atom is -0.394 e. The lowest BCUT2D eigenvalue weighted by Crippen LogP contribution is -2.13. The van der Waals surface area contributed by atoms with Gasteiger partial charge >= 0.3 is 7.82 Å². The molecule has 0 aromatic heterocycles. The molecule has 0 radical (unpaired) electrons. The van der Waals surface area contributed by atoms with Gasteiger partial charge in [0.1, 0.15) is 0 Å². The standard InChI is InChI=1S/C12H27O9P/c1-2-20-22(14,15)21-12-11-19-10-9-18-8-7-17-6-5-16-4-3-13/h13H,2-12H2,1H3,(H,14,15). The summed E-state index contributed by atoms with van der Waals surface area (Å²) in [5.74, 6) is 0. The molecular weight excluding hydrogens is 319 g/mol. The molecule has 0 amide bonds. The average Bonchev–Trinajstić information content (AvgIpc) is 2.47. The second kappa shape index (κ2) is 15.8. The van der Waals surface area contributed by atoms with Gasteiger partial charge in [0.2, 0.25) is 0 Å². The van der Waals surface area contributed by atoms with E-state index in [2.05, 4.69) is 9.05 Å². The van der Waals surface area contributed by atoms with Crippen molar-refractivity contribution >= 4 is 7.82 Å². The zero-order valence-corrected chi connectivity index (χ0v) is 13.9. The van der Waals surface area contributed by atoms with Gasteiger partial charge in [-0.25, -0.2) is 4.57 Å². The van der Waals surface area contributed by atoms with Gasteiger partial charge in [0.15, 0.2) is 0 Å². The van der Waals surface area contributed by atoms with Crippen LogP contribution in [-0.2, 0) is 32.6 Å². The molecule has 0 aliphatic carbocycles. The Morgan fingerprint density at radius 2 is 1.14 bits per heavy atom. The predicted octanol–water partition coefficient (Wildman–Crippen LogP) is 0.199. The van der Waals surface area contributed by atoms with Crippen molar-refractivity contribution in [3.8, 4) is 0 Å². The van der Waals surface area contributed by atoms with Crippen LogP contribution in [0.25, 0.3) is 0 Å². The summed E-state index contributed by atoms with van der Waals surface area (Å²) in [5.41, 5.74) is 0. The molecule has 1 unspecified atom stereocenters. The van der Waals surface area contributed by atoms with Crippen LogP contribution in [0.4, 0.5) is 0 Å². The maximum absolute atomic E-state index is 11.1. The van der Waals surface area contributed by atoms with Gasteiger partial charge in [-0.2, -0.15) is 0 Å². The summed E-state index contributed by atoms with van der Waals surface area (Å²) >= 11 is 0. The number of phosphoric ester groups is 1. The van der Waals surface area contributed by atoms with E-state index < -0.39 is 7.82 Å². The topological polar surface area (TPSA) is 113 Å². The van der Waals surface area contributed by atoms with E-state index in [1.807, 2.05) is 0 Å². The molecule has 0 heterocycles. The zero-order valence-electron chi connectivity index (χ0n) is 13.0. The van der Waals surface area contributed by atoms with Gasteiger partial charge < -0.3 is 28.9 Å². The predicted molar refractivity (Wildman–Crippen MR) is 77.8 cm³/mol.